The fourth-order valence-corrected chi connectivity index (χ4v) is 2.85. The standard InChI is InChI=1S/C17H22ClN3O3/c18-13-8-4-5-9-14(13)19-15(22)10-11-16(23)20-21-17(24)12-6-2-1-3-7-12/h4-5,8-9,12H,1-3,6-7,10-11H2,(H,19,22)(H,20,23)(H,21,24). The predicted molar refractivity (Wildman–Crippen MR) is 92.2 cm³/mol. The average Bonchev–Trinajstić information content (AvgIpc) is 2.60. The minimum absolute atomic E-state index is 0.0103. The zero-order valence-corrected chi connectivity index (χ0v) is 14.2. The maximum atomic E-state index is 11.9. The van der Waals surface area contributed by atoms with Crippen LogP contribution in [0.15, 0.2) is 24.3 Å². The number of anilines is 1. The highest BCUT2D eigenvalue weighted by atomic mass is 35.5. The first-order valence-electron chi connectivity index (χ1n) is 8.19. The van der Waals surface area contributed by atoms with Gasteiger partial charge < -0.3 is 5.32 Å². The Morgan fingerprint density at radius 2 is 1.62 bits per heavy atom. The summed E-state index contributed by atoms with van der Waals surface area (Å²) in [5.41, 5.74) is 5.32. The molecule has 0 unspecified atom stereocenters. The third-order valence-corrected chi connectivity index (χ3v) is 4.36. The van der Waals surface area contributed by atoms with Crippen LogP contribution in [0.3, 0.4) is 0 Å². The second-order valence-electron chi connectivity index (χ2n) is 5.90. The lowest BCUT2D eigenvalue weighted by Gasteiger charge is -2.20. The van der Waals surface area contributed by atoms with E-state index in [9.17, 15) is 14.4 Å². The summed E-state index contributed by atoms with van der Waals surface area (Å²) >= 11 is 5.95. The molecule has 1 aromatic rings. The highest BCUT2D eigenvalue weighted by Gasteiger charge is 2.21. The van der Waals surface area contributed by atoms with Crippen molar-refractivity contribution in [3.63, 3.8) is 0 Å². The minimum atomic E-state index is -0.395. The predicted octanol–water partition coefficient (Wildman–Crippen LogP) is 2.79. The molecule has 130 valence electrons. The molecule has 7 heteroatoms. The zero-order valence-electron chi connectivity index (χ0n) is 13.4. The summed E-state index contributed by atoms with van der Waals surface area (Å²) in [5, 5.41) is 3.08. The van der Waals surface area contributed by atoms with Gasteiger partial charge in [-0.3, -0.25) is 25.2 Å². The van der Waals surface area contributed by atoms with Gasteiger partial charge in [-0.1, -0.05) is 43.0 Å². The fraction of sp³-hybridized carbons (Fsp3) is 0.471. The van der Waals surface area contributed by atoms with Crippen molar-refractivity contribution in [3.05, 3.63) is 29.3 Å². The van der Waals surface area contributed by atoms with Crippen molar-refractivity contribution < 1.29 is 14.4 Å². The lowest BCUT2D eigenvalue weighted by molar-refractivity contribution is -0.132. The van der Waals surface area contributed by atoms with Gasteiger partial charge in [0.15, 0.2) is 0 Å². The van der Waals surface area contributed by atoms with Crippen LogP contribution in [0.1, 0.15) is 44.9 Å². The molecular weight excluding hydrogens is 330 g/mol. The fourth-order valence-electron chi connectivity index (χ4n) is 2.66. The number of carbonyl (C=O) groups excluding carboxylic acids is 3. The third-order valence-electron chi connectivity index (χ3n) is 4.03. The van der Waals surface area contributed by atoms with Gasteiger partial charge in [0, 0.05) is 18.8 Å². The van der Waals surface area contributed by atoms with Crippen LogP contribution in [-0.4, -0.2) is 17.7 Å². The molecule has 0 aliphatic heterocycles. The molecule has 6 nitrogen and oxygen atoms in total. The van der Waals surface area contributed by atoms with Crippen LogP contribution in [0.2, 0.25) is 5.02 Å². The molecule has 0 saturated heterocycles. The molecule has 24 heavy (non-hydrogen) atoms. The van der Waals surface area contributed by atoms with Gasteiger partial charge in [-0.05, 0) is 25.0 Å². The smallest absolute Gasteiger partial charge is 0.241 e. The molecule has 0 bridgehead atoms. The number of halogens is 1. The van der Waals surface area contributed by atoms with Crippen molar-refractivity contribution in [2.75, 3.05) is 5.32 Å². The van der Waals surface area contributed by atoms with E-state index in [-0.39, 0.29) is 30.6 Å². The summed E-state index contributed by atoms with van der Waals surface area (Å²) in [4.78, 5) is 35.4. The lowest BCUT2D eigenvalue weighted by atomic mass is 9.89. The number of para-hydroxylation sites is 1. The van der Waals surface area contributed by atoms with Crippen LogP contribution >= 0.6 is 11.6 Å². The second kappa shape index (κ2) is 9.27. The molecule has 3 amide bonds. The van der Waals surface area contributed by atoms with Gasteiger partial charge >= 0.3 is 0 Å². The first-order valence-corrected chi connectivity index (χ1v) is 8.57. The Labute approximate surface area is 146 Å². The molecule has 1 aromatic carbocycles. The average molecular weight is 352 g/mol. The van der Waals surface area contributed by atoms with Crippen LogP contribution in [0.5, 0.6) is 0 Å². The van der Waals surface area contributed by atoms with Crippen LogP contribution < -0.4 is 16.2 Å². The van der Waals surface area contributed by atoms with Crippen molar-refractivity contribution in [2.45, 2.75) is 44.9 Å². The van der Waals surface area contributed by atoms with E-state index in [2.05, 4.69) is 16.2 Å². The Morgan fingerprint density at radius 1 is 0.958 bits per heavy atom. The van der Waals surface area contributed by atoms with Crippen LogP contribution in [0.25, 0.3) is 0 Å². The molecule has 1 fully saturated rings. The van der Waals surface area contributed by atoms with Crippen molar-refractivity contribution >= 4 is 35.0 Å². The Morgan fingerprint density at radius 3 is 2.33 bits per heavy atom. The number of rotatable bonds is 5. The number of hydrogen-bond donors (Lipinski definition) is 3. The monoisotopic (exact) mass is 351 g/mol. The van der Waals surface area contributed by atoms with Gasteiger partial charge in [0.05, 0.1) is 10.7 Å². The highest BCUT2D eigenvalue weighted by molar-refractivity contribution is 6.33. The van der Waals surface area contributed by atoms with Gasteiger partial charge in [0.25, 0.3) is 0 Å². The van der Waals surface area contributed by atoms with Gasteiger partial charge in [-0.25, -0.2) is 0 Å². The molecule has 2 rings (SSSR count). The molecule has 1 aliphatic carbocycles. The van der Waals surface area contributed by atoms with Crippen LogP contribution in [-0.2, 0) is 14.4 Å². The maximum absolute atomic E-state index is 11.9. The number of carbonyl (C=O) groups is 3. The molecule has 0 heterocycles. The molecule has 0 aromatic heterocycles. The zero-order chi connectivity index (χ0) is 17.4. The Bertz CT molecular complexity index is 600. The summed E-state index contributed by atoms with van der Waals surface area (Å²) in [7, 11) is 0. The highest BCUT2D eigenvalue weighted by Crippen LogP contribution is 2.23. The van der Waals surface area contributed by atoms with E-state index >= 15 is 0 Å². The minimum Gasteiger partial charge on any atom is -0.325 e. The Balaban J connectivity index is 1.66. The van der Waals surface area contributed by atoms with Crippen molar-refractivity contribution in [1.29, 1.82) is 0 Å². The molecule has 1 saturated carbocycles. The van der Waals surface area contributed by atoms with E-state index in [4.69, 9.17) is 11.6 Å². The van der Waals surface area contributed by atoms with E-state index in [1.54, 1.807) is 24.3 Å². The van der Waals surface area contributed by atoms with Gasteiger partial charge in [0.2, 0.25) is 17.7 Å². The number of nitrogens with one attached hydrogen (secondary N) is 3. The summed E-state index contributed by atoms with van der Waals surface area (Å²) in [5.74, 6) is -0.878. The molecule has 0 atom stereocenters. The summed E-state index contributed by atoms with van der Waals surface area (Å²) < 4.78 is 0. The quantitative estimate of drug-likeness (QED) is 0.713. The second-order valence-corrected chi connectivity index (χ2v) is 6.31. The topological polar surface area (TPSA) is 87.3 Å². The molecule has 0 radical (unpaired) electrons. The van der Waals surface area contributed by atoms with Crippen LogP contribution in [0, 0.1) is 5.92 Å². The van der Waals surface area contributed by atoms with Gasteiger partial charge in [-0.15, -0.1) is 0 Å². The van der Waals surface area contributed by atoms with Crippen molar-refractivity contribution in [3.8, 4) is 0 Å². The maximum Gasteiger partial charge on any atom is 0.241 e. The summed E-state index contributed by atoms with van der Waals surface area (Å²) in [6.45, 7) is 0. The van der Waals surface area contributed by atoms with E-state index in [0.29, 0.717) is 10.7 Å². The number of amides is 3. The number of hydrazine groups is 1. The van der Waals surface area contributed by atoms with Gasteiger partial charge in [-0.2, -0.15) is 0 Å². The first kappa shape index (κ1) is 18.3. The van der Waals surface area contributed by atoms with Crippen molar-refractivity contribution in [2.24, 2.45) is 5.92 Å². The largest absolute Gasteiger partial charge is 0.325 e. The molecule has 3 N–H and O–H groups in total. The van der Waals surface area contributed by atoms with Crippen LogP contribution in [0.4, 0.5) is 5.69 Å². The lowest BCUT2D eigenvalue weighted by Crippen LogP contribution is -2.45. The van der Waals surface area contributed by atoms with Gasteiger partial charge in [0.1, 0.15) is 0 Å². The Kier molecular flexibility index (Phi) is 7.06. The normalized spacial score (nSPS) is 14.7. The van der Waals surface area contributed by atoms with E-state index in [0.717, 1.165) is 32.1 Å². The SMILES string of the molecule is O=C(CCC(=O)Nc1ccccc1Cl)NNC(=O)C1CCCCC1. The summed E-state index contributed by atoms with van der Waals surface area (Å²) in [6, 6.07) is 6.88. The first-order chi connectivity index (χ1) is 11.6. The van der Waals surface area contributed by atoms with E-state index in [1.807, 2.05) is 0 Å². The molecular formula is C17H22ClN3O3. The molecule has 1 aliphatic rings. The van der Waals surface area contributed by atoms with E-state index < -0.39 is 5.91 Å². The Hall–Kier alpha value is -2.08. The molecule has 0 spiro atoms. The summed E-state index contributed by atoms with van der Waals surface area (Å²) in [6.07, 6.45) is 4.99. The number of hydrogen-bond acceptors (Lipinski definition) is 3. The number of benzene rings is 1. The van der Waals surface area contributed by atoms with E-state index in [1.165, 1.54) is 0 Å². The van der Waals surface area contributed by atoms with Crippen molar-refractivity contribution in [1.82, 2.24) is 10.9 Å². The third kappa shape index (κ3) is 5.85.